The highest BCUT2D eigenvalue weighted by Gasteiger charge is 2.85. The lowest BCUT2D eigenvalue weighted by molar-refractivity contribution is -0.164. The van der Waals surface area contributed by atoms with Gasteiger partial charge in [-0.3, -0.25) is 4.79 Å². The van der Waals surface area contributed by atoms with Crippen molar-refractivity contribution in [1.82, 2.24) is 0 Å². The summed E-state index contributed by atoms with van der Waals surface area (Å²) in [7, 11) is 0. The zero-order valence-electron chi connectivity index (χ0n) is 19.2. The molecule has 10 unspecified atom stereocenters. The normalized spacial score (nSPS) is 49.7. The van der Waals surface area contributed by atoms with Gasteiger partial charge in [-0.2, -0.15) is 0 Å². The van der Waals surface area contributed by atoms with Gasteiger partial charge in [-0.05, 0) is 74.3 Å². The molecule has 33 heavy (non-hydrogen) atoms. The number of aldehydes is 1. The number of carbonyl (C=O) groups is 2. The Morgan fingerprint density at radius 3 is 2.70 bits per heavy atom. The Morgan fingerprint density at radius 2 is 2.00 bits per heavy atom. The molecule has 7 heteroatoms. The fourth-order valence-corrected chi connectivity index (χ4v) is 9.02. The number of aliphatic hydroxyl groups excluding tert-OH is 1. The molecule has 1 aromatic rings. The first kappa shape index (κ1) is 21.5. The summed E-state index contributed by atoms with van der Waals surface area (Å²) in [6.07, 6.45) is 7.47. The van der Waals surface area contributed by atoms with Crippen molar-refractivity contribution < 1.29 is 28.6 Å². The summed E-state index contributed by atoms with van der Waals surface area (Å²) in [6, 6.07) is 3.21. The number of hydrogen-bond acceptors (Lipinski definition) is 7. The molecule has 4 saturated carbocycles. The van der Waals surface area contributed by atoms with Gasteiger partial charge in [-0.1, -0.05) is 6.92 Å². The monoisotopic (exact) mass is 456 g/mol. The lowest BCUT2D eigenvalue weighted by atomic mass is 9.44. The third kappa shape index (κ3) is 2.66. The molecule has 1 saturated heterocycles. The van der Waals surface area contributed by atoms with Crippen molar-refractivity contribution >= 4 is 12.3 Å². The largest absolute Gasteiger partial charge is 0.459 e. The molecule has 4 aliphatic carbocycles. The van der Waals surface area contributed by atoms with Gasteiger partial charge in [0.15, 0.2) is 0 Å². The van der Waals surface area contributed by atoms with Crippen molar-refractivity contribution in [2.45, 2.75) is 88.6 Å². The molecule has 1 aliphatic heterocycles. The number of esters is 1. The van der Waals surface area contributed by atoms with E-state index in [0.29, 0.717) is 12.8 Å². The van der Waals surface area contributed by atoms with Crippen LogP contribution in [0.4, 0.5) is 0 Å². The maximum atomic E-state index is 12.7. The van der Waals surface area contributed by atoms with Crippen molar-refractivity contribution in [3.8, 4) is 0 Å². The molecule has 1 spiro atoms. The van der Waals surface area contributed by atoms with Crippen LogP contribution in [-0.2, 0) is 19.1 Å². The lowest BCUT2D eigenvalue weighted by Gasteiger charge is -2.60. The van der Waals surface area contributed by atoms with Crippen molar-refractivity contribution in [2.75, 3.05) is 0 Å². The zero-order valence-corrected chi connectivity index (χ0v) is 19.2. The second kappa shape index (κ2) is 7.01. The molecule has 7 nitrogen and oxygen atoms in total. The number of rotatable bonds is 3. The van der Waals surface area contributed by atoms with E-state index >= 15 is 0 Å². The topological polar surface area (TPSA) is 106 Å². The second-order valence-electron chi connectivity index (χ2n) is 11.4. The van der Waals surface area contributed by atoms with E-state index in [0.717, 1.165) is 37.7 Å². The predicted molar refractivity (Wildman–Crippen MR) is 116 cm³/mol. The second-order valence-corrected chi connectivity index (χ2v) is 11.4. The Morgan fingerprint density at radius 1 is 1.18 bits per heavy atom. The van der Waals surface area contributed by atoms with Crippen LogP contribution in [0, 0.1) is 28.6 Å². The fourth-order valence-electron chi connectivity index (χ4n) is 9.02. The van der Waals surface area contributed by atoms with Crippen molar-refractivity contribution in [3.63, 3.8) is 0 Å². The first-order valence-corrected chi connectivity index (χ1v) is 12.3. The van der Waals surface area contributed by atoms with Gasteiger partial charge in [0.05, 0.1) is 12.4 Å². The maximum Gasteiger partial charge on any atom is 0.335 e. The molecule has 10 atom stereocenters. The Hall–Kier alpha value is -1.99. The Bertz CT molecular complexity index is 1030. The van der Waals surface area contributed by atoms with Crippen molar-refractivity contribution in [2.24, 2.45) is 28.6 Å². The summed E-state index contributed by atoms with van der Waals surface area (Å²) in [5, 5.41) is 10.3. The van der Waals surface area contributed by atoms with Gasteiger partial charge < -0.3 is 23.8 Å². The Balaban J connectivity index is 1.42. The quantitative estimate of drug-likeness (QED) is 0.423. The van der Waals surface area contributed by atoms with Crippen LogP contribution in [0.15, 0.2) is 27.6 Å². The first-order valence-electron chi connectivity index (χ1n) is 12.3. The van der Waals surface area contributed by atoms with Crippen LogP contribution >= 0.6 is 0 Å². The van der Waals surface area contributed by atoms with E-state index in [1.165, 1.54) is 25.5 Å². The number of ether oxygens (including phenoxy) is 2. The number of fused-ring (bicyclic) bond motifs is 3. The molecule has 0 bridgehead atoms. The summed E-state index contributed by atoms with van der Waals surface area (Å²) in [5.74, 6) is 0.161. The van der Waals surface area contributed by atoms with E-state index in [1.807, 2.05) is 0 Å². The molecule has 1 N–H and O–H groups in total. The molecule has 1 aromatic heterocycles. The Kier molecular flexibility index (Phi) is 4.58. The van der Waals surface area contributed by atoms with E-state index in [9.17, 15) is 19.5 Å². The average molecular weight is 457 g/mol. The minimum Gasteiger partial charge on any atom is -0.459 e. The SMILES string of the molecule is CC(=O)OC1C(c2ccc(=O)oc2)C2(C)CCC3C(CCC4CC(O)CCC43C=O)C23OC13. The van der Waals surface area contributed by atoms with Gasteiger partial charge in [-0.15, -0.1) is 0 Å². The molecule has 5 fully saturated rings. The van der Waals surface area contributed by atoms with Gasteiger partial charge in [0, 0.05) is 29.7 Å². The predicted octanol–water partition coefficient (Wildman–Crippen LogP) is 2.98. The van der Waals surface area contributed by atoms with E-state index in [4.69, 9.17) is 13.9 Å². The van der Waals surface area contributed by atoms with Crippen LogP contribution in [0.2, 0.25) is 0 Å². The van der Waals surface area contributed by atoms with E-state index < -0.39 is 22.7 Å². The highest BCUT2D eigenvalue weighted by Crippen LogP contribution is 2.78. The number of hydrogen-bond donors (Lipinski definition) is 1. The smallest absolute Gasteiger partial charge is 0.335 e. The average Bonchev–Trinajstić information content (AvgIpc) is 3.49. The van der Waals surface area contributed by atoms with Crippen LogP contribution in [0.3, 0.4) is 0 Å². The highest BCUT2D eigenvalue weighted by molar-refractivity contribution is 5.67. The molecule has 5 aliphatic rings. The number of epoxide rings is 1. The van der Waals surface area contributed by atoms with Crippen LogP contribution < -0.4 is 5.63 Å². The molecule has 0 radical (unpaired) electrons. The van der Waals surface area contributed by atoms with E-state index in [1.54, 1.807) is 6.07 Å². The molecule has 0 amide bonds. The summed E-state index contributed by atoms with van der Waals surface area (Å²) in [6.45, 7) is 3.65. The molecular formula is C26H32O7. The van der Waals surface area contributed by atoms with Crippen LogP contribution in [0.25, 0.3) is 0 Å². The standard InChI is InChI=1S/C26H32O7/c1-14(28)32-22-21(15-3-6-20(30)31-12-15)24(2)9-8-18-19(26(24)23(22)33-26)5-4-16-11-17(29)7-10-25(16,18)13-27/h3,6,12-13,16-19,21-23,29H,4-5,7-11H2,1-2H3. The van der Waals surface area contributed by atoms with Gasteiger partial charge in [0.1, 0.15) is 24.1 Å². The van der Waals surface area contributed by atoms with Gasteiger partial charge in [0.25, 0.3) is 0 Å². The molecular weight excluding hydrogens is 424 g/mol. The Labute approximate surface area is 192 Å². The van der Waals surface area contributed by atoms with E-state index in [-0.39, 0.29) is 47.3 Å². The number of carbonyl (C=O) groups excluding carboxylic acids is 2. The summed E-state index contributed by atoms with van der Waals surface area (Å²) in [5.41, 5.74) is -0.700. The van der Waals surface area contributed by atoms with E-state index in [2.05, 4.69) is 6.92 Å². The maximum absolute atomic E-state index is 12.7. The molecule has 178 valence electrons. The van der Waals surface area contributed by atoms with Gasteiger partial charge in [0.2, 0.25) is 0 Å². The van der Waals surface area contributed by atoms with Crippen LogP contribution in [-0.4, -0.2) is 41.3 Å². The third-order valence-electron chi connectivity index (χ3n) is 10.3. The minimum absolute atomic E-state index is 0.136. The van der Waals surface area contributed by atoms with Crippen molar-refractivity contribution in [1.29, 1.82) is 0 Å². The van der Waals surface area contributed by atoms with Crippen molar-refractivity contribution in [3.05, 3.63) is 34.4 Å². The molecule has 0 aromatic carbocycles. The third-order valence-corrected chi connectivity index (χ3v) is 10.3. The lowest BCUT2D eigenvalue weighted by Crippen LogP contribution is -2.59. The summed E-state index contributed by atoms with van der Waals surface area (Å²) in [4.78, 5) is 36.4. The molecule has 2 heterocycles. The summed E-state index contributed by atoms with van der Waals surface area (Å²) < 4.78 is 17.7. The van der Waals surface area contributed by atoms with Gasteiger partial charge >= 0.3 is 11.6 Å². The van der Waals surface area contributed by atoms with Crippen LogP contribution in [0.5, 0.6) is 0 Å². The summed E-state index contributed by atoms with van der Waals surface area (Å²) >= 11 is 0. The first-order chi connectivity index (χ1) is 15.8. The zero-order chi connectivity index (χ0) is 23.2. The molecule has 6 rings (SSSR count). The van der Waals surface area contributed by atoms with Gasteiger partial charge in [-0.25, -0.2) is 4.79 Å². The minimum atomic E-state index is -0.451. The fraction of sp³-hybridized carbons (Fsp3) is 0.731. The highest BCUT2D eigenvalue weighted by atomic mass is 16.7. The number of aliphatic hydroxyl groups is 1. The van der Waals surface area contributed by atoms with Crippen LogP contribution in [0.1, 0.15) is 70.3 Å².